The lowest BCUT2D eigenvalue weighted by molar-refractivity contribution is -0.113. The van der Waals surface area contributed by atoms with Crippen LogP contribution >= 0.6 is 11.8 Å². The third-order valence-corrected chi connectivity index (χ3v) is 7.07. The number of nitrogens with zero attached hydrogens (tertiary/aromatic N) is 4. The lowest BCUT2D eigenvalue weighted by Gasteiger charge is -2.28. The maximum absolute atomic E-state index is 13.1. The summed E-state index contributed by atoms with van der Waals surface area (Å²) in [6.45, 7) is 13.5. The fraction of sp³-hybridized carbons (Fsp3) is 0.444. The van der Waals surface area contributed by atoms with Gasteiger partial charge in [0.15, 0.2) is 5.16 Å². The number of carbonyl (C=O) groups is 1. The number of anilines is 2. The second-order valence-corrected chi connectivity index (χ2v) is 10.5. The van der Waals surface area contributed by atoms with Gasteiger partial charge in [-0.05, 0) is 47.6 Å². The van der Waals surface area contributed by atoms with Crippen LogP contribution in [0.2, 0.25) is 0 Å². The number of amides is 1. The van der Waals surface area contributed by atoms with E-state index in [1.807, 2.05) is 6.07 Å². The lowest BCUT2D eigenvalue weighted by atomic mass is 9.92. The minimum atomic E-state index is -0.0447. The van der Waals surface area contributed by atoms with E-state index < -0.39 is 0 Å². The van der Waals surface area contributed by atoms with E-state index in [1.165, 1.54) is 11.8 Å². The van der Waals surface area contributed by atoms with Gasteiger partial charge in [-0.2, -0.15) is 0 Å². The van der Waals surface area contributed by atoms with Crippen LogP contribution in [0.1, 0.15) is 56.2 Å². The molecular formula is C27H35N5O2S. The molecule has 1 aliphatic rings. The SMILES string of the molecule is Cc1cccc(-n2c(SCC(=O)Nc3c(C(C)C)cccc3C(C)C)nnc2N2CCOCC2)c1. The summed E-state index contributed by atoms with van der Waals surface area (Å²) in [6.07, 6.45) is 0. The van der Waals surface area contributed by atoms with Crippen LogP contribution in [0.4, 0.5) is 11.6 Å². The van der Waals surface area contributed by atoms with Crippen molar-refractivity contribution in [1.29, 1.82) is 0 Å². The molecular weight excluding hydrogens is 458 g/mol. The number of nitrogens with one attached hydrogen (secondary N) is 1. The third-order valence-electron chi connectivity index (χ3n) is 6.14. The van der Waals surface area contributed by atoms with Crippen LogP contribution in [-0.2, 0) is 9.53 Å². The smallest absolute Gasteiger partial charge is 0.234 e. The number of thioether (sulfide) groups is 1. The highest BCUT2D eigenvalue weighted by Gasteiger charge is 2.23. The molecule has 0 unspecified atom stereocenters. The predicted molar refractivity (Wildman–Crippen MR) is 143 cm³/mol. The molecule has 0 radical (unpaired) electrons. The molecule has 0 atom stereocenters. The second-order valence-electron chi connectivity index (χ2n) is 9.51. The topological polar surface area (TPSA) is 72.3 Å². The van der Waals surface area contributed by atoms with E-state index in [-0.39, 0.29) is 11.7 Å². The van der Waals surface area contributed by atoms with Gasteiger partial charge in [0.05, 0.1) is 24.7 Å². The average Bonchev–Trinajstić information content (AvgIpc) is 3.27. The van der Waals surface area contributed by atoms with E-state index in [4.69, 9.17) is 4.74 Å². The molecule has 8 heteroatoms. The van der Waals surface area contributed by atoms with Gasteiger partial charge in [-0.1, -0.05) is 69.8 Å². The maximum Gasteiger partial charge on any atom is 0.234 e. The summed E-state index contributed by atoms with van der Waals surface area (Å²) < 4.78 is 7.58. The second kappa shape index (κ2) is 11.3. The Labute approximate surface area is 212 Å². The Morgan fingerprint density at radius 2 is 1.69 bits per heavy atom. The Hall–Kier alpha value is -2.84. The number of ether oxygens (including phenoxy) is 1. The highest BCUT2D eigenvalue weighted by atomic mass is 32.2. The van der Waals surface area contributed by atoms with E-state index in [2.05, 4.69) is 96.0 Å². The third kappa shape index (κ3) is 5.87. The fourth-order valence-electron chi connectivity index (χ4n) is 4.32. The molecule has 2 aromatic carbocycles. The van der Waals surface area contributed by atoms with Crippen molar-refractivity contribution in [2.24, 2.45) is 0 Å². The zero-order valence-electron chi connectivity index (χ0n) is 21.2. The zero-order chi connectivity index (χ0) is 24.9. The van der Waals surface area contributed by atoms with Gasteiger partial charge < -0.3 is 15.0 Å². The van der Waals surface area contributed by atoms with Crippen molar-refractivity contribution in [2.75, 3.05) is 42.3 Å². The standard InChI is InChI=1S/C27H35N5O2S/c1-18(2)22-10-7-11-23(19(3)4)25(22)28-24(33)17-35-27-30-29-26(31-12-14-34-15-13-31)32(27)21-9-6-8-20(5)16-21/h6-11,16,18-19H,12-15,17H2,1-5H3,(H,28,33). The van der Waals surface area contributed by atoms with E-state index in [1.54, 1.807) is 0 Å². The Balaban J connectivity index is 1.58. The number of aryl methyl sites for hydroxylation is 1. The van der Waals surface area contributed by atoms with Gasteiger partial charge in [0.25, 0.3) is 0 Å². The molecule has 35 heavy (non-hydrogen) atoms. The highest BCUT2D eigenvalue weighted by molar-refractivity contribution is 7.99. The molecule has 2 heterocycles. The maximum atomic E-state index is 13.1. The van der Waals surface area contributed by atoms with Crippen LogP contribution in [0.15, 0.2) is 47.6 Å². The molecule has 0 aliphatic carbocycles. The van der Waals surface area contributed by atoms with Gasteiger partial charge in [-0.25, -0.2) is 0 Å². The number of benzene rings is 2. The molecule has 0 saturated carbocycles. The Morgan fingerprint density at radius 3 is 2.31 bits per heavy atom. The molecule has 1 aliphatic heterocycles. The van der Waals surface area contributed by atoms with Gasteiger partial charge in [0.2, 0.25) is 11.9 Å². The first-order valence-electron chi connectivity index (χ1n) is 12.3. The molecule has 1 aromatic heterocycles. The van der Waals surface area contributed by atoms with Gasteiger partial charge in [0.1, 0.15) is 0 Å². The summed E-state index contributed by atoms with van der Waals surface area (Å²) in [5.41, 5.74) is 5.41. The molecule has 7 nitrogen and oxygen atoms in total. The van der Waals surface area contributed by atoms with Crippen LogP contribution in [0.25, 0.3) is 5.69 Å². The summed E-state index contributed by atoms with van der Waals surface area (Å²) >= 11 is 1.41. The summed E-state index contributed by atoms with van der Waals surface area (Å²) in [4.78, 5) is 15.3. The normalized spacial score (nSPS) is 14.1. The first-order chi connectivity index (χ1) is 16.8. The van der Waals surface area contributed by atoms with Crippen molar-refractivity contribution in [2.45, 2.75) is 51.6 Å². The molecule has 4 rings (SSSR count). The summed E-state index contributed by atoms with van der Waals surface area (Å²) in [5.74, 6) is 1.62. The van der Waals surface area contributed by atoms with Crippen LogP contribution in [0, 0.1) is 6.92 Å². The summed E-state index contributed by atoms with van der Waals surface area (Å²) in [6, 6.07) is 14.5. The van der Waals surface area contributed by atoms with Crippen molar-refractivity contribution in [3.63, 3.8) is 0 Å². The van der Waals surface area contributed by atoms with Crippen LogP contribution in [-0.4, -0.2) is 52.7 Å². The van der Waals surface area contributed by atoms with Crippen molar-refractivity contribution in [1.82, 2.24) is 14.8 Å². The molecule has 3 aromatic rings. The number of hydrogen-bond donors (Lipinski definition) is 1. The van der Waals surface area contributed by atoms with E-state index in [9.17, 15) is 4.79 Å². The quantitative estimate of drug-likeness (QED) is 0.424. The first kappa shape index (κ1) is 25.3. The fourth-order valence-corrected chi connectivity index (χ4v) is 5.06. The zero-order valence-corrected chi connectivity index (χ0v) is 22.1. The molecule has 1 N–H and O–H groups in total. The van der Waals surface area contributed by atoms with Crippen molar-refractivity contribution in [3.8, 4) is 5.69 Å². The monoisotopic (exact) mass is 493 g/mol. The molecule has 1 amide bonds. The van der Waals surface area contributed by atoms with Crippen LogP contribution in [0.3, 0.4) is 0 Å². The number of hydrogen-bond acceptors (Lipinski definition) is 6. The predicted octanol–water partition coefficient (Wildman–Crippen LogP) is 5.39. The van der Waals surface area contributed by atoms with Gasteiger partial charge >= 0.3 is 0 Å². The van der Waals surface area contributed by atoms with Crippen molar-refractivity contribution < 1.29 is 9.53 Å². The Morgan fingerprint density at radius 1 is 1.03 bits per heavy atom. The van der Waals surface area contributed by atoms with Gasteiger partial charge in [-0.3, -0.25) is 9.36 Å². The molecule has 0 spiro atoms. The number of aromatic nitrogens is 3. The van der Waals surface area contributed by atoms with E-state index in [0.29, 0.717) is 30.2 Å². The minimum Gasteiger partial charge on any atom is -0.378 e. The molecule has 186 valence electrons. The van der Waals surface area contributed by atoms with Gasteiger partial charge in [0, 0.05) is 18.8 Å². The van der Waals surface area contributed by atoms with Gasteiger partial charge in [-0.15, -0.1) is 10.2 Å². The number of para-hydroxylation sites is 1. The summed E-state index contributed by atoms with van der Waals surface area (Å²) in [5, 5.41) is 12.9. The largest absolute Gasteiger partial charge is 0.378 e. The summed E-state index contributed by atoms with van der Waals surface area (Å²) in [7, 11) is 0. The Bertz CT molecular complexity index is 1140. The highest BCUT2D eigenvalue weighted by Crippen LogP contribution is 2.33. The van der Waals surface area contributed by atoms with E-state index in [0.717, 1.165) is 47.1 Å². The van der Waals surface area contributed by atoms with Crippen molar-refractivity contribution >= 4 is 29.3 Å². The Kier molecular flexibility index (Phi) is 8.13. The molecule has 1 saturated heterocycles. The minimum absolute atomic E-state index is 0.0447. The lowest BCUT2D eigenvalue weighted by Crippen LogP contribution is -2.37. The van der Waals surface area contributed by atoms with Crippen LogP contribution < -0.4 is 10.2 Å². The number of morpholine rings is 1. The molecule has 0 bridgehead atoms. The number of carbonyl (C=O) groups excluding carboxylic acids is 1. The van der Waals surface area contributed by atoms with E-state index >= 15 is 0 Å². The average molecular weight is 494 g/mol. The number of rotatable bonds is 8. The molecule has 1 fully saturated rings. The first-order valence-corrected chi connectivity index (χ1v) is 13.2. The van der Waals surface area contributed by atoms with Crippen LogP contribution in [0.5, 0.6) is 0 Å². The van der Waals surface area contributed by atoms with Crippen molar-refractivity contribution in [3.05, 3.63) is 59.2 Å².